The van der Waals surface area contributed by atoms with E-state index < -0.39 is 38.7 Å². The summed E-state index contributed by atoms with van der Waals surface area (Å²) in [5, 5.41) is 10.6. The molecular weight excluding hydrogens is 322 g/mol. The van der Waals surface area contributed by atoms with E-state index in [0.717, 1.165) is 16.4 Å². The van der Waals surface area contributed by atoms with Gasteiger partial charge in [-0.15, -0.1) is 11.3 Å². The summed E-state index contributed by atoms with van der Waals surface area (Å²) in [4.78, 5) is 3.28. The van der Waals surface area contributed by atoms with Crippen molar-refractivity contribution < 1.29 is 22.3 Å². The van der Waals surface area contributed by atoms with E-state index in [1.54, 1.807) is 10.9 Å². The van der Waals surface area contributed by atoms with Crippen molar-refractivity contribution in [2.24, 2.45) is 0 Å². The van der Waals surface area contributed by atoms with Gasteiger partial charge in [0.1, 0.15) is 10.7 Å². The quantitative estimate of drug-likeness (QED) is 0.904. The van der Waals surface area contributed by atoms with E-state index in [9.17, 15) is 17.2 Å². The largest absolute Gasteiger partial charge is 0.391 e. The molecule has 0 unspecified atom stereocenters. The zero-order valence-corrected chi connectivity index (χ0v) is 12.6. The van der Waals surface area contributed by atoms with Gasteiger partial charge in [-0.05, 0) is 12.1 Å². The molecule has 9 heteroatoms. The fourth-order valence-corrected chi connectivity index (χ4v) is 3.49. The van der Waals surface area contributed by atoms with Crippen LogP contribution in [0.1, 0.15) is 11.3 Å². The van der Waals surface area contributed by atoms with Gasteiger partial charge in [-0.25, -0.2) is 22.2 Å². The van der Waals surface area contributed by atoms with Gasteiger partial charge in [0.25, 0.3) is 0 Å². The van der Waals surface area contributed by atoms with Crippen molar-refractivity contribution in [1.29, 1.82) is 0 Å². The molecule has 0 saturated heterocycles. The molecule has 0 aliphatic heterocycles. The minimum Gasteiger partial charge on any atom is -0.391 e. The average Bonchev–Trinajstić information content (AvgIpc) is 2.91. The summed E-state index contributed by atoms with van der Waals surface area (Å²) < 4.78 is 52.9. The molecule has 0 spiro atoms. The van der Waals surface area contributed by atoms with Crippen molar-refractivity contribution in [3.05, 3.63) is 45.9 Å². The summed E-state index contributed by atoms with van der Waals surface area (Å²) in [6.07, 6.45) is 0. The summed E-state index contributed by atoms with van der Waals surface area (Å²) in [6, 6.07) is 1.66. The third-order valence-electron chi connectivity index (χ3n) is 2.87. The predicted octanol–water partition coefficient (Wildman–Crippen LogP) is 1.73. The summed E-state index contributed by atoms with van der Waals surface area (Å²) in [5.41, 5.74) is 1.41. The van der Waals surface area contributed by atoms with Gasteiger partial charge >= 0.3 is 0 Å². The van der Waals surface area contributed by atoms with E-state index in [0.29, 0.717) is 5.69 Å². The van der Waals surface area contributed by atoms with Crippen LogP contribution < -0.4 is 0 Å². The molecule has 2 aromatic rings. The van der Waals surface area contributed by atoms with Crippen LogP contribution in [0.15, 0.2) is 27.9 Å². The Kier molecular flexibility index (Phi) is 4.67. The molecule has 0 bridgehead atoms. The average molecular weight is 334 g/mol. The van der Waals surface area contributed by atoms with Crippen LogP contribution in [-0.4, -0.2) is 29.9 Å². The molecule has 21 heavy (non-hydrogen) atoms. The molecule has 2 rings (SSSR count). The van der Waals surface area contributed by atoms with Crippen molar-refractivity contribution in [3.8, 4) is 0 Å². The van der Waals surface area contributed by atoms with Crippen molar-refractivity contribution in [2.75, 3.05) is 7.05 Å². The number of rotatable bonds is 5. The maximum Gasteiger partial charge on any atom is 0.246 e. The highest BCUT2D eigenvalue weighted by molar-refractivity contribution is 7.89. The smallest absolute Gasteiger partial charge is 0.246 e. The van der Waals surface area contributed by atoms with Crippen LogP contribution in [0, 0.1) is 11.6 Å². The third kappa shape index (κ3) is 3.10. The molecular formula is C12H12F2N2O3S2. The fraction of sp³-hybridized carbons (Fsp3) is 0.250. The molecule has 1 heterocycles. The number of aliphatic hydroxyl groups is 1. The first-order valence-corrected chi connectivity index (χ1v) is 8.17. The highest BCUT2D eigenvalue weighted by Gasteiger charge is 2.27. The van der Waals surface area contributed by atoms with Crippen molar-refractivity contribution >= 4 is 21.4 Å². The number of nitrogens with zero attached hydrogens (tertiary/aromatic N) is 2. The Morgan fingerprint density at radius 2 is 2.10 bits per heavy atom. The van der Waals surface area contributed by atoms with E-state index in [2.05, 4.69) is 4.98 Å². The highest BCUT2D eigenvalue weighted by atomic mass is 32.2. The topological polar surface area (TPSA) is 70.5 Å². The Morgan fingerprint density at radius 3 is 2.67 bits per heavy atom. The number of thiazole rings is 1. The van der Waals surface area contributed by atoms with Crippen LogP contribution in [0.2, 0.25) is 0 Å². The Labute approximate surface area is 124 Å². The molecule has 0 amide bonds. The lowest BCUT2D eigenvalue weighted by Gasteiger charge is -2.17. The van der Waals surface area contributed by atoms with Gasteiger partial charge in [0.15, 0.2) is 5.82 Å². The fourth-order valence-electron chi connectivity index (χ4n) is 1.72. The second kappa shape index (κ2) is 6.14. The molecule has 0 atom stereocenters. The lowest BCUT2D eigenvalue weighted by molar-refractivity contribution is 0.267. The Balaban J connectivity index is 2.40. The predicted molar refractivity (Wildman–Crippen MR) is 73.0 cm³/mol. The zero-order chi connectivity index (χ0) is 15.6. The number of aliphatic hydroxyl groups excluding tert-OH is 1. The summed E-state index contributed by atoms with van der Waals surface area (Å²) in [5.74, 6) is -2.27. The minimum absolute atomic E-state index is 0.0306. The molecule has 0 radical (unpaired) electrons. The van der Waals surface area contributed by atoms with Crippen LogP contribution in [0.4, 0.5) is 8.78 Å². The summed E-state index contributed by atoms with van der Waals surface area (Å²) in [7, 11) is -2.88. The van der Waals surface area contributed by atoms with Gasteiger partial charge < -0.3 is 5.11 Å². The lowest BCUT2D eigenvalue weighted by Crippen LogP contribution is -2.27. The Hall–Kier alpha value is -1.42. The maximum absolute atomic E-state index is 14.0. The lowest BCUT2D eigenvalue weighted by atomic mass is 10.2. The normalized spacial score (nSPS) is 12.0. The van der Waals surface area contributed by atoms with Gasteiger partial charge in [0.2, 0.25) is 10.0 Å². The summed E-state index contributed by atoms with van der Waals surface area (Å²) in [6.45, 7) is -0.950. The number of benzene rings is 1. The minimum atomic E-state index is -4.15. The molecule has 1 aromatic carbocycles. The number of hydrogen-bond acceptors (Lipinski definition) is 5. The first kappa shape index (κ1) is 16.0. The SMILES string of the molecule is CN(Cc1cscn1)S(=O)(=O)c1ccc(F)c(CO)c1F. The van der Waals surface area contributed by atoms with Gasteiger partial charge in [-0.1, -0.05) is 0 Å². The van der Waals surface area contributed by atoms with Crippen molar-refractivity contribution in [3.63, 3.8) is 0 Å². The third-order valence-corrected chi connectivity index (χ3v) is 5.32. The molecule has 0 fully saturated rings. The summed E-state index contributed by atoms with van der Waals surface area (Å²) >= 11 is 1.31. The van der Waals surface area contributed by atoms with Crippen LogP contribution in [0.25, 0.3) is 0 Å². The maximum atomic E-state index is 14.0. The van der Waals surface area contributed by atoms with E-state index in [-0.39, 0.29) is 6.54 Å². The molecule has 114 valence electrons. The molecule has 0 aliphatic rings. The second-order valence-electron chi connectivity index (χ2n) is 4.24. The van der Waals surface area contributed by atoms with E-state index in [1.165, 1.54) is 18.4 Å². The molecule has 0 aliphatic carbocycles. The molecule has 0 saturated carbocycles. The van der Waals surface area contributed by atoms with Crippen LogP contribution in [0.3, 0.4) is 0 Å². The van der Waals surface area contributed by atoms with E-state index >= 15 is 0 Å². The number of halogens is 2. The molecule has 5 nitrogen and oxygen atoms in total. The molecule has 1 N–H and O–H groups in total. The monoisotopic (exact) mass is 334 g/mol. The van der Waals surface area contributed by atoms with Gasteiger partial charge in [-0.2, -0.15) is 4.31 Å². The number of hydrogen-bond donors (Lipinski definition) is 1. The van der Waals surface area contributed by atoms with E-state index in [1.807, 2.05) is 0 Å². The number of sulfonamides is 1. The first-order valence-electron chi connectivity index (χ1n) is 5.79. The zero-order valence-electron chi connectivity index (χ0n) is 11.0. The van der Waals surface area contributed by atoms with Gasteiger partial charge in [-0.3, -0.25) is 0 Å². The van der Waals surface area contributed by atoms with Crippen LogP contribution >= 0.6 is 11.3 Å². The van der Waals surface area contributed by atoms with Crippen molar-refractivity contribution in [2.45, 2.75) is 18.0 Å². The first-order chi connectivity index (χ1) is 9.87. The van der Waals surface area contributed by atoms with Crippen molar-refractivity contribution in [1.82, 2.24) is 9.29 Å². The number of aromatic nitrogens is 1. The molecule has 1 aromatic heterocycles. The van der Waals surface area contributed by atoms with Crippen LogP contribution in [0.5, 0.6) is 0 Å². The van der Waals surface area contributed by atoms with Gasteiger partial charge in [0.05, 0.1) is 29.9 Å². The van der Waals surface area contributed by atoms with Gasteiger partial charge in [0, 0.05) is 12.4 Å². The Bertz CT molecular complexity index is 733. The highest BCUT2D eigenvalue weighted by Crippen LogP contribution is 2.24. The second-order valence-corrected chi connectivity index (χ2v) is 6.97. The van der Waals surface area contributed by atoms with Crippen LogP contribution in [-0.2, 0) is 23.2 Å². The standard InChI is InChI=1S/C12H12F2N2O3S2/c1-16(4-8-6-20-7-15-8)21(18,19)11-3-2-10(13)9(5-17)12(11)14/h2-3,6-7,17H,4-5H2,1H3. The Morgan fingerprint density at radius 1 is 1.38 bits per heavy atom. The van der Waals surface area contributed by atoms with E-state index in [4.69, 9.17) is 5.11 Å².